The highest BCUT2D eigenvalue weighted by Gasteiger charge is 2.07. The molecule has 0 spiro atoms. The molecule has 1 heterocycles. The van der Waals surface area contributed by atoms with E-state index in [1.165, 1.54) is 17.7 Å². The number of thiocarbonyl (C=S) groups is 1. The molecule has 0 aliphatic rings. The lowest BCUT2D eigenvalue weighted by Gasteiger charge is -2.14. The van der Waals surface area contributed by atoms with E-state index in [0.717, 1.165) is 28.1 Å². The average Bonchev–Trinajstić information content (AvgIpc) is 3.07. The maximum absolute atomic E-state index is 13.2. The minimum Gasteiger partial charge on any atom is -0.342 e. The fraction of sp³-hybridized carbons (Fsp3) is 0.182. The van der Waals surface area contributed by atoms with Crippen LogP contribution >= 0.6 is 23.8 Å². The van der Waals surface area contributed by atoms with Crippen LogP contribution in [0.15, 0.2) is 53.8 Å². The van der Waals surface area contributed by atoms with Crippen molar-refractivity contribution in [1.29, 1.82) is 0 Å². The van der Waals surface area contributed by atoms with E-state index in [0.29, 0.717) is 16.7 Å². The number of hydrogen-bond donors (Lipinski definition) is 2. The van der Waals surface area contributed by atoms with Crippen LogP contribution in [-0.2, 0) is 6.54 Å². The van der Waals surface area contributed by atoms with E-state index >= 15 is 0 Å². The molecule has 0 saturated heterocycles. The van der Waals surface area contributed by atoms with Gasteiger partial charge in [0, 0.05) is 23.5 Å². The minimum atomic E-state index is -0.350. The van der Waals surface area contributed by atoms with Crippen molar-refractivity contribution in [3.63, 3.8) is 0 Å². The second kappa shape index (κ2) is 9.20. The summed E-state index contributed by atoms with van der Waals surface area (Å²) in [6.07, 6.45) is 3.59. The summed E-state index contributed by atoms with van der Waals surface area (Å²) in [4.78, 5) is 0. The van der Waals surface area contributed by atoms with Crippen molar-refractivity contribution in [2.24, 2.45) is 5.10 Å². The van der Waals surface area contributed by atoms with E-state index in [4.69, 9.17) is 23.8 Å². The zero-order valence-electron chi connectivity index (χ0n) is 16.5. The van der Waals surface area contributed by atoms with E-state index in [2.05, 4.69) is 34.9 Å². The van der Waals surface area contributed by atoms with Crippen molar-refractivity contribution in [2.75, 3.05) is 5.32 Å². The Hall–Kier alpha value is -2.70. The van der Waals surface area contributed by atoms with Crippen LogP contribution in [0.2, 0.25) is 5.02 Å². The Morgan fingerprint density at radius 1 is 1.17 bits per heavy atom. The molecule has 0 unspecified atom stereocenters. The second-order valence-corrected chi connectivity index (χ2v) is 7.71. The third-order valence-electron chi connectivity index (χ3n) is 4.50. The number of aryl methyl sites for hydroxylation is 3. The Kier molecular flexibility index (Phi) is 6.67. The molecule has 0 fully saturated rings. The smallest absolute Gasteiger partial charge is 0.191 e. The molecule has 7 heteroatoms. The van der Waals surface area contributed by atoms with Crippen LogP contribution in [0.1, 0.15) is 27.9 Å². The van der Waals surface area contributed by atoms with Gasteiger partial charge < -0.3 is 9.88 Å². The summed E-state index contributed by atoms with van der Waals surface area (Å²) in [6, 6.07) is 12.4. The van der Waals surface area contributed by atoms with E-state index in [9.17, 15) is 4.39 Å². The van der Waals surface area contributed by atoms with Gasteiger partial charge in [0.1, 0.15) is 5.82 Å². The molecule has 0 bridgehead atoms. The number of hydrogen-bond acceptors (Lipinski definition) is 2. The lowest BCUT2D eigenvalue weighted by molar-refractivity contribution is 0.626. The molecule has 0 aliphatic carbocycles. The van der Waals surface area contributed by atoms with Gasteiger partial charge in [0.05, 0.1) is 11.9 Å². The van der Waals surface area contributed by atoms with Crippen molar-refractivity contribution in [3.05, 3.63) is 87.4 Å². The van der Waals surface area contributed by atoms with Crippen molar-refractivity contribution in [1.82, 2.24) is 9.99 Å². The van der Waals surface area contributed by atoms with E-state index in [1.807, 2.05) is 36.7 Å². The molecule has 0 aliphatic heterocycles. The predicted octanol–water partition coefficient (Wildman–Crippen LogP) is 5.57. The first kappa shape index (κ1) is 21.0. The summed E-state index contributed by atoms with van der Waals surface area (Å²) >= 11 is 11.5. The van der Waals surface area contributed by atoms with E-state index in [1.54, 1.807) is 12.3 Å². The van der Waals surface area contributed by atoms with Crippen molar-refractivity contribution in [3.8, 4) is 0 Å². The van der Waals surface area contributed by atoms with Gasteiger partial charge in [-0.25, -0.2) is 4.39 Å². The number of aromatic nitrogens is 1. The fourth-order valence-corrected chi connectivity index (χ4v) is 3.58. The second-order valence-electron chi connectivity index (χ2n) is 6.89. The van der Waals surface area contributed by atoms with Gasteiger partial charge in [-0.05, 0) is 73.9 Å². The van der Waals surface area contributed by atoms with Gasteiger partial charge in [-0.3, -0.25) is 5.43 Å². The zero-order valence-corrected chi connectivity index (χ0v) is 18.0. The molecule has 2 N–H and O–H groups in total. The number of benzene rings is 2. The van der Waals surface area contributed by atoms with Crippen LogP contribution in [0.25, 0.3) is 0 Å². The Balaban J connectivity index is 1.64. The minimum absolute atomic E-state index is 0.350. The molecule has 0 saturated carbocycles. The number of nitrogens with one attached hydrogen (secondary N) is 2. The van der Waals surface area contributed by atoms with Gasteiger partial charge in [0.25, 0.3) is 0 Å². The first-order chi connectivity index (χ1) is 13.8. The third-order valence-corrected chi connectivity index (χ3v) is 5.04. The van der Waals surface area contributed by atoms with Gasteiger partial charge in [-0.1, -0.05) is 35.4 Å². The number of nitrogens with zero attached hydrogens (tertiary/aromatic N) is 2. The highest BCUT2D eigenvalue weighted by molar-refractivity contribution is 7.80. The van der Waals surface area contributed by atoms with Crippen LogP contribution in [0.4, 0.5) is 10.1 Å². The number of halogens is 2. The highest BCUT2D eigenvalue weighted by atomic mass is 35.5. The molecular weight excluding hydrogens is 407 g/mol. The van der Waals surface area contributed by atoms with Gasteiger partial charge in [-0.2, -0.15) is 5.10 Å². The van der Waals surface area contributed by atoms with Crippen LogP contribution in [0, 0.1) is 26.6 Å². The Morgan fingerprint density at radius 2 is 1.90 bits per heavy atom. The van der Waals surface area contributed by atoms with Crippen molar-refractivity contribution < 1.29 is 4.39 Å². The monoisotopic (exact) mass is 428 g/mol. The van der Waals surface area contributed by atoms with Gasteiger partial charge in [0.15, 0.2) is 5.11 Å². The van der Waals surface area contributed by atoms with Crippen LogP contribution < -0.4 is 10.7 Å². The maximum atomic E-state index is 13.2. The van der Waals surface area contributed by atoms with E-state index < -0.39 is 0 Å². The van der Waals surface area contributed by atoms with Gasteiger partial charge >= 0.3 is 0 Å². The molecule has 150 valence electrons. The van der Waals surface area contributed by atoms with Crippen LogP contribution in [-0.4, -0.2) is 15.9 Å². The molecular formula is C22H22ClFN4S. The number of rotatable bonds is 5. The molecule has 3 rings (SSSR count). The SMILES string of the molecule is Cc1cc(C)c(NC(=S)N/N=C\c2cccn2Cc2ccc(F)cc2Cl)c(C)c1. The molecule has 0 amide bonds. The van der Waals surface area contributed by atoms with Crippen LogP contribution in [0.3, 0.4) is 0 Å². The quantitative estimate of drug-likeness (QED) is 0.317. The molecule has 0 radical (unpaired) electrons. The number of anilines is 1. The summed E-state index contributed by atoms with van der Waals surface area (Å²) in [6.45, 7) is 6.67. The largest absolute Gasteiger partial charge is 0.342 e. The summed E-state index contributed by atoms with van der Waals surface area (Å²) in [7, 11) is 0. The highest BCUT2D eigenvalue weighted by Crippen LogP contribution is 2.22. The molecule has 4 nitrogen and oxygen atoms in total. The molecule has 3 aromatic rings. The Labute approximate surface area is 180 Å². The molecule has 29 heavy (non-hydrogen) atoms. The van der Waals surface area contributed by atoms with Gasteiger partial charge in [0.2, 0.25) is 0 Å². The molecule has 0 atom stereocenters. The lowest BCUT2D eigenvalue weighted by Crippen LogP contribution is -2.25. The lowest BCUT2D eigenvalue weighted by atomic mass is 10.1. The summed E-state index contributed by atoms with van der Waals surface area (Å²) in [5.74, 6) is -0.350. The first-order valence-electron chi connectivity index (χ1n) is 9.10. The Morgan fingerprint density at radius 3 is 2.59 bits per heavy atom. The first-order valence-corrected chi connectivity index (χ1v) is 9.89. The third kappa shape index (κ3) is 5.43. The van der Waals surface area contributed by atoms with Gasteiger partial charge in [-0.15, -0.1) is 0 Å². The van der Waals surface area contributed by atoms with Crippen LogP contribution in [0.5, 0.6) is 0 Å². The summed E-state index contributed by atoms with van der Waals surface area (Å²) < 4.78 is 15.2. The maximum Gasteiger partial charge on any atom is 0.191 e. The van der Waals surface area contributed by atoms with E-state index in [-0.39, 0.29) is 5.82 Å². The predicted molar refractivity (Wildman–Crippen MR) is 123 cm³/mol. The fourth-order valence-electron chi connectivity index (χ4n) is 3.20. The average molecular weight is 429 g/mol. The molecule has 1 aromatic heterocycles. The summed E-state index contributed by atoms with van der Waals surface area (Å²) in [5.41, 5.74) is 8.99. The van der Waals surface area contributed by atoms with Crippen molar-refractivity contribution in [2.45, 2.75) is 27.3 Å². The topological polar surface area (TPSA) is 41.4 Å². The zero-order chi connectivity index (χ0) is 21.0. The normalized spacial score (nSPS) is 11.1. The summed E-state index contributed by atoms with van der Waals surface area (Å²) in [5, 5.41) is 8.24. The Bertz CT molecular complexity index is 1050. The van der Waals surface area contributed by atoms with Crippen molar-refractivity contribution >= 4 is 40.8 Å². The molecule has 2 aromatic carbocycles. The standard InChI is InChI=1S/C22H22ClFN4S/c1-14-9-15(2)21(16(3)10-14)26-22(29)27-25-12-19-5-4-8-28(19)13-17-6-7-18(24)11-20(17)23/h4-12H,13H2,1-3H3,(H2,26,27,29)/b25-12-. The number of hydrazone groups is 1.